The van der Waals surface area contributed by atoms with E-state index >= 15 is 0 Å². The van der Waals surface area contributed by atoms with Crippen molar-refractivity contribution in [2.75, 3.05) is 13.7 Å². The van der Waals surface area contributed by atoms with Crippen molar-refractivity contribution < 1.29 is 20.1 Å². The molecule has 0 spiro atoms. The molecule has 0 fully saturated rings. The van der Waals surface area contributed by atoms with Crippen molar-refractivity contribution in [2.45, 2.75) is 25.6 Å². The topological polar surface area (TPSA) is 93.7 Å². The molecule has 0 amide bonds. The third-order valence-corrected chi connectivity index (χ3v) is 1.07. The Kier molecular flexibility index (Phi) is 11.6. The highest BCUT2D eigenvalue weighted by atomic mass is 16.5. The highest BCUT2D eigenvalue weighted by Gasteiger charge is 2.08. The van der Waals surface area contributed by atoms with Gasteiger partial charge in [-0.3, -0.25) is 0 Å². The van der Waals surface area contributed by atoms with Crippen LogP contribution in [0.2, 0.25) is 0 Å². The predicted octanol–water partition coefficient (Wildman–Crippen LogP) is -0.776. The zero-order chi connectivity index (χ0) is 9.98. The lowest BCUT2D eigenvalue weighted by molar-refractivity contribution is 0.0162. The molecule has 0 aromatic rings. The zero-order valence-corrected chi connectivity index (χ0v) is 7.27. The van der Waals surface area contributed by atoms with E-state index in [-0.39, 0.29) is 13.0 Å². The Balaban J connectivity index is 0. The fourth-order valence-corrected chi connectivity index (χ4v) is 0.373. The van der Waals surface area contributed by atoms with Crippen LogP contribution in [0.15, 0.2) is 0 Å². The summed E-state index contributed by atoms with van der Waals surface area (Å²) in [6.07, 6.45) is 0.166. The molecule has 2 atom stereocenters. The molecule has 72 valence electrons. The van der Waals surface area contributed by atoms with Gasteiger partial charge in [0.15, 0.2) is 0 Å². The highest BCUT2D eigenvalue weighted by Crippen LogP contribution is 1.95. The summed E-state index contributed by atoms with van der Waals surface area (Å²) in [7, 11) is 1.32. The largest absolute Gasteiger partial charge is 0.431 e. The minimum Gasteiger partial charge on any atom is -0.431 e. The van der Waals surface area contributed by atoms with Gasteiger partial charge in [0.1, 0.15) is 0 Å². The van der Waals surface area contributed by atoms with Gasteiger partial charge in [0.2, 0.25) is 0 Å². The lowest BCUT2D eigenvalue weighted by atomic mass is 10.2. The Labute approximate surface area is 71.8 Å². The zero-order valence-electron chi connectivity index (χ0n) is 7.27. The average molecular weight is 177 g/mol. The molecule has 5 heteroatoms. The number of nitrogens with zero attached hydrogens (tertiary/aromatic N) is 1. The van der Waals surface area contributed by atoms with Crippen molar-refractivity contribution in [3.63, 3.8) is 0 Å². The van der Waals surface area contributed by atoms with Crippen molar-refractivity contribution in [3.8, 4) is 6.26 Å². The lowest BCUT2D eigenvalue weighted by Gasteiger charge is -2.10. The number of methoxy groups -OCH3 is 1. The lowest BCUT2D eigenvalue weighted by Crippen LogP contribution is -2.23. The number of aliphatic hydroxyl groups is 3. The Morgan fingerprint density at radius 3 is 2.00 bits per heavy atom. The average Bonchev–Trinajstić information content (AvgIpc) is 2.05. The van der Waals surface area contributed by atoms with Crippen LogP contribution >= 0.6 is 0 Å². The van der Waals surface area contributed by atoms with Gasteiger partial charge in [0, 0.05) is 6.61 Å². The summed E-state index contributed by atoms with van der Waals surface area (Å²) >= 11 is 0. The molecule has 0 rings (SSSR count). The van der Waals surface area contributed by atoms with Crippen LogP contribution in [0.1, 0.15) is 13.3 Å². The molecular formula is C7H15NO4. The van der Waals surface area contributed by atoms with Gasteiger partial charge in [0.25, 0.3) is 6.26 Å². The fraction of sp³-hybridized carbons (Fsp3) is 0.857. The smallest absolute Gasteiger partial charge is 0.286 e. The first kappa shape index (κ1) is 13.7. The number of aliphatic hydroxyl groups excluding tert-OH is 3. The van der Waals surface area contributed by atoms with E-state index in [1.54, 1.807) is 0 Å². The molecule has 0 aromatic heterocycles. The van der Waals surface area contributed by atoms with E-state index in [1.807, 2.05) is 0 Å². The molecule has 0 saturated heterocycles. The van der Waals surface area contributed by atoms with E-state index in [0.717, 1.165) is 0 Å². The molecule has 0 aliphatic heterocycles. The molecular weight excluding hydrogens is 162 g/mol. The second kappa shape index (κ2) is 10.2. The number of hydrogen-bond acceptors (Lipinski definition) is 5. The van der Waals surface area contributed by atoms with E-state index in [4.69, 9.17) is 20.6 Å². The molecule has 0 saturated carbocycles. The highest BCUT2D eigenvalue weighted by molar-refractivity contribution is 4.59. The number of rotatable bonds is 3. The molecule has 0 aliphatic rings. The van der Waals surface area contributed by atoms with Gasteiger partial charge >= 0.3 is 0 Å². The third kappa shape index (κ3) is 11.9. The monoisotopic (exact) mass is 177 g/mol. The van der Waals surface area contributed by atoms with E-state index in [1.165, 1.54) is 20.3 Å². The van der Waals surface area contributed by atoms with Crippen LogP contribution < -0.4 is 0 Å². The first-order valence-corrected chi connectivity index (χ1v) is 3.49. The summed E-state index contributed by atoms with van der Waals surface area (Å²) in [5.41, 5.74) is 0. The van der Waals surface area contributed by atoms with Gasteiger partial charge in [-0.15, -0.1) is 0 Å². The third-order valence-electron chi connectivity index (χ3n) is 1.07. The van der Waals surface area contributed by atoms with Gasteiger partial charge in [0.05, 0.1) is 19.3 Å². The maximum absolute atomic E-state index is 8.72. The van der Waals surface area contributed by atoms with Gasteiger partial charge in [-0.05, 0) is 13.3 Å². The van der Waals surface area contributed by atoms with E-state index in [2.05, 4.69) is 4.74 Å². The summed E-state index contributed by atoms with van der Waals surface area (Å²) in [5, 5.41) is 32.9. The van der Waals surface area contributed by atoms with Crippen molar-refractivity contribution in [3.05, 3.63) is 0 Å². The molecule has 2 unspecified atom stereocenters. The van der Waals surface area contributed by atoms with Gasteiger partial charge in [-0.25, -0.2) is 0 Å². The molecule has 0 aromatic carbocycles. The summed E-state index contributed by atoms with van der Waals surface area (Å²) in [5.74, 6) is 0. The predicted molar refractivity (Wildman–Crippen MR) is 42.0 cm³/mol. The SMILES string of the molecule is CC(O)C(O)CCO.COC#N. The number of hydrogen-bond donors (Lipinski definition) is 3. The van der Waals surface area contributed by atoms with E-state index < -0.39 is 12.2 Å². The van der Waals surface area contributed by atoms with Crippen LogP contribution in [0.4, 0.5) is 0 Å². The van der Waals surface area contributed by atoms with Crippen LogP contribution in [0, 0.1) is 11.5 Å². The Morgan fingerprint density at radius 1 is 1.50 bits per heavy atom. The molecule has 12 heavy (non-hydrogen) atoms. The molecule has 3 N–H and O–H groups in total. The standard InChI is InChI=1S/C5H12O3.C2H3NO/c1-4(7)5(8)2-3-6;1-4-2-3/h4-8H,2-3H2,1H3;1H3. The van der Waals surface area contributed by atoms with Crippen molar-refractivity contribution in [1.29, 1.82) is 5.26 Å². The van der Waals surface area contributed by atoms with Crippen molar-refractivity contribution in [1.82, 2.24) is 0 Å². The van der Waals surface area contributed by atoms with Crippen LogP contribution in [0.5, 0.6) is 0 Å². The molecule has 0 aliphatic carbocycles. The number of ether oxygens (including phenoxy) is 1. The van der Waals surface area contributed by atoms with Crippen LogP contribution in [0.25, 0.3) is 0 Å². The molecule has 0 radical (unpaired) electrons. The molecule has 0 heterocycles. The summed E-state index contributed by atoms with van der Waals surface area (Å²) in [4.78, 5) is 0. The normalized spacial score (nSPS) is 13.3. The minimum atomic E-state index is -0.778. The van der Waals surface area contributed by atoms with Crippen molar-refractivity contribution in [2.24, 2.45) is 0 Å². The Bertz CT molecular complexity index is 121. The summed E-state index contributed by atoms with van der Waals surface area (Å²) in [6, 6.07) is 0. The number of nitriles is 1. The van der Waals surface area contributed by atoms with Gasteiger partial charge in [-0.1, -0.05) is 0 Å². The fourth-order valence-electron chi connectivity index (χ4n) is 0.373. The Hall–Kier alpha value is -0.830. The second-order valence-corrected chi connectivity index (χ2v) is 2.12. The quantitative estimate of drug-likeness (QED) is 0.492. The summed E-state index contributed by atoms with van der Waals surface area (Å²) < 4.78 is 3.85. The van der Waals surface area contributed by atoms with Gasteiger partial charge in [-0.2, -0.15) is 5.26 Å². The van der Waals surface area contributed by atoms with Gasteiger partial charge < -0.3 is 20.1 Å². The van der Waals surface area contributed by atoms with E-state index in [0.29, 0.717) is 0 Å². The van der Waals surface area contributed by atoms with Crippen LogP contribution in [-0.4, -0.2) is 41.2 Å². The first-order valence-electron chi connectivity index (χ1n) is 3.49. The maximum atomic E-state index is 8.72. The van der Waals surface area contributed by atoms with Crippen LogP contribution in [-0.2, 0) is 4.74 Å². The summed E-state index contributed by atoms with van der Waals surface area (Å²) in [6.45, 7) is 1.41. The van der Waals surface area contributed by atoms with Crippen LogP contribution in [0.3, 0.4) is 0 Å². The second-order valence-electron chi connectivity index (χ2n) is 2.12. The minimum absolute atomic E-state index is 0.0773. The van der Waals surface area contributed by atoms with E-state index in [9.17, 15) is 0 Å². The first-order chi connectivity index (χ1) is 5.59. The molecule has 5 nitrogen and oxygen atoms in total. The maximum Gasteiger partial charge on any atom is 0.286 e. The molecule has 0 bridgehead atoms. The Morgan fingerprint density at radius 2 is 1.92 bits per heavy atom. The van der Waals surface area contributed by atoms with Crippen molar-refractivity contribution >= 4 is 0 Å².